The standard InChI is InChI=1S/C20H17BrCl2F3NOS/c1-18(2,11-21)29-16-5-3-4-12(6-16)17-10-19(28-27-17,20(24,25)26)13-7-14(22)9-15(23)8-13/h3-9H,10-11H2,1-2H3/t19-/m0/s1. The van der Waals surface area contributed by atoms with Crippen molar-refractivity contribution in [2.24, 2.45) is 5.16 Å². The SMILES string of the molecule is CC(C)(CBr)Sc1cccc(C2=NO[C@@](c3cc(Cl)cc(Cl)c3)(C(F)(F)F)C2)c1. The minimum Gasteiger partial charge on any atom is -0.374 e. The molecular formula is C20H17BrCl2F3NOS. The third-order valence-electron chi connectivity index (χ3n) is 4.40. The molecule has 1 heterocycles. The lowest BCUT2D eigenvalue weighted by atomic mass is 9.86. The first kappa shape index (κ1) is 22.8. The van der Waals surface area contributed by atoms with E-state index in [0.717, 1.165) is 10.2 Å². The highest BCUT2D eigenvalue weighted by Crippen LogP contribution is 2.50. The molecule has 0 N–H and O–H groups in total. The maximum atomic E-state index is 14.1. The van der Waals surface area contributed by atoms with E-state index in [1.807, 2.05) is 12.1 Å². The molecule has 2 aromatic rings. The van der Waals surface area contributed by atoms with Crippen LogP contribution in [0.15, 0.2) is 52.5 Å². The van der Waals surface area contributed by atoms with Crippen LogP contribution in [0.1, 0.15) is 31.4 Å². The van der Waals surface area contributed by atoms with E-state index < -0.39 is 18.2 Å². The van der Waals surface area contributed by atoms with Gasteiger partial charge in [-0.2, -0.15) is 13.2 Å². The van der Waals surface area contributed by atoms with E-state index in [-0.39, 0.29) is 26.1 Å². The number of oxime groups is 1. The van der Waals surface area contributed by atoms with Gasteiger partial charge >= 0.3 is 6.18 Å². The molecule has 1 aliphatic heterocycles. The molecule has 156 valence electrons. The van der Waals surface area contributed by atoms with E-state index in [2.05, 4.69) is 34.9 Å². The van der Waals surface area contributed by atoms with E-state index >= 15 is 0 Å². The lowest BCUT2D eigenvalue weighted by molar-refractivity contribution is -0.275. The minimum absolute atomic E-state index is 0.0696. The van der Waals surface area contributed by atoms with Gasteiger partial charge in [-0.1, -0.05) is 56.4 Å². The summed E-state index contributed by atoms with van der Waals surface area (Å²) in [6.45, 7) is 4.15. The Bertz CT molecular complexity index is 931. The maximum absolute atomic E-state index is 14.1. The van der Waals surface area contributed by atoms with E-state index in [0.29, 0.717) is 5.56 Å². The smallest absolute Gasteiger partial charge is 0.374 e. The van der Waals surface area contributed by atoms with Crippen molar-refractivity contribution in [3.05, 3.63) is 63.6 Å². The molecule has 0 unspecified atom stereocenters. The molecule has 0 saturated carbocycles. The zero-order valence-electron chi connectivity index (χ0n) is 15.5. The highest BCUT2D eigenvalue weighted by Gasteiger charge is 2.62. The van der Waals surface area contributed by atoms with Gasteiger partial charge in [-0.25, -0.2) is 0 Å². The van der Waals surface area contributed by atoms with Crippen LogP contribution in [0.25, 0.3) is 0 Å². The van der Waals surface area contributed by atoms with Crippen LogP contribution in [0.4, 0.5) is 13.2 Å². The Morgan fingerprint density at radius 2 is 1.79 bits per heavy atom. The second-order valence-electron chi connectivity index (χ2n) is 7.31. The molecule has 0 aromatic heterocycles. The summed E-state index contributed by atoms with van der Waals surface area (Å²) in [4.78, 5) is 6.00. The first-order chi connectivity index (χ1) is 13.5. The van der Waals surface area contributed by atoms with Gasteiger partial charge in [0.15, 0.2) is 0 Å². The molecular weight excluding hydrogens is 510 g/mol. The number of hydrogen-bond donors (Lipinski definition) is 0. The molecule has 2 nitrogen and oxygen atoms in total. The van der Waals surface area contributed by atoms with Crippen molar-refractivity contribution >= 4 is 56.6 Å². The maximum Gasteiger partial charge on any atom is 0.435 e. The third kappa shape index (κ3) is 4.89. The van der Waals surface area contributed by atoms with Crippen molar-refractivity contribution in [1.82, 2.24) is 0 Å². The molecule has 29 heavy (non-hydrogen) atoms. The van der Waals surface area contributed by atoms with Gasteiger partial charge < -0.3 is 4.84 Å². The second kappa shape index (κ2) is 8.33. The predicted molar refractivity (Wildman–Crippen MR) is 117 cm³/mol. The topological polar surface area (TPSA) is 21.6 Å². The Morgan fingerprint density at radius 1 is 1.14 bits per heavy atom. The van der Waals surface area contributed by atoms with Crippen LogP contribution in [0.3, 0.4) is 0 Å². The Kier molecular flexibility index (Phi) is 6.54. The van der Waals surface area contributed by atoms with Crippen molar-refractivity contribution < 1.29 is 18.0 Å². The molecule has 3 rings (SSSR count). The number of nitrogens with zero attached hydrogens (tertiary/aromatic N) is 1. The Hall–Kier alpha value is -0.890. The first-order valence-electron chi connectivity index (χ1n) is 8.59. The summed E-state index contributed by atoms with van der Waals surface area (Å²) in [5.74, 6) is 0. The molecule has 0 spiro atoms. The number of rotatable bonds is 5. The largest absolute Gasteiger partial charge is 0.435 e. The van der Waals surface area contributed by atoms with Gasteiger partial charge in [0.1, 0.15) is 0 Å². The van der Waals surface area contributed by atoms with Crippen LogP contribution < -0.4 is 0 Å². The molecule has 0 aliphatic carbocycles. The number of alkyl halides is 4. The molecule has 9 heteroatoms. The zero-order chi connectivity index (χ0) is 21.4. The number of halogens is 6. The van der Waals surface area contributed by atoms with E-state index in [9.17, 15) is 13.2 Å². The fourth-order valence-corrected chi connectivity index (χ4v) is 4.83. The summed E-state index contributed by atoms with van der Waals surface area (Å²) in [5.41, 5.74) is -2.00. The van der Waals surface area contributed by atoms with Crippen LogP contribution in [0.5, 0.6) is 0 Å². The molecule has 1 atom stereocenters. The predicted octanol–water partition coefficient (Wildman–Crippen LogP) is 7.84. The van der Waals surface area contributed by atoms with Gasteiger partial charge in [-0.15, -0.1) is 11.8 Å². The molecule has 1 aliphatic rings. The number of thioether (sulfide) groups is 1. The lowest BCUT2D eigenvalue weighted by Crippen LogP contribution is -2.42. The normalized spacial score (nSPS) is 19.8. The number of benzene rings is 2. The van der Waals surface area contributed by atoms with Gasteiger partial charge in [0, 0.05) is 42.6 Å². The summed E-state index contributed by atoms with van der Waals surface area (Å²) < 4.78 is 42.3. The minimum atomic E-state index is -4.71. The molecule has 0 radical (unpaired) electrons. The highest BCUT2D eigenvalue weighted by atomic mass is 79.9. The molecule has 2 aromatic carbocycles. The second-order valence-corrected chi connectivity index (χ2v) is 10.5. The molecule has 0 amide bonds. The Morgan fingerprint density at radius 3 is 2.38 bits per heavy atom. The quantitative estimate of drug-likeness (QED) is 0.292. The third-order valence-corrected chi connectivity index (χ3v) is 7.79. The Balaban J connectivity index is 1.95. The summed E-state index contributed by atoms with van der Waals surface area (Å²) in [6, 6.07) is 11.1. The fourth-order valence-electron chi connectivity index (χ4n) is 2.93. The van der Waals surface area contributed by atoms with Crippen LogP contribution in [0.2, 0.25) is 10.0 Å². The molecule has 0 fully saturated rings. The first-order valence-corrected chi connectivity index (χ1v) is 11.3. The summed E-state index contributed by atoms with van der Waals surface area (Å²) in [5, 5.41) is 4.78. The summed E-state index contributed by atoms with van der Waals surface area (Å²) in [6.07, 6.45) is -5.18. The highest BCUT2D eigenvalue weighted by molar-refractivity contribution is 9.09. The van der Waals surface area contributed by atoms with Crippen LogP contribution in [-0.2, 0) is 10.4 Å². The molecule has 0 bridgehead atoms. The van der Waals surface area contributed by atoms with Gasteiger partial charge in [0.2, 0.25) is 0 Å². The lowest BCUT2D eigenvalue weighted by Gasteiger charge is -2.29. The van der Waals surface area contributed by atoms with E-state index in [1.165, 1.54) is 18.2 Å². The summed E-state index contributed by atoms with van der Waals surface area (Å²) >= 11 is 17.0. The Labute approximate surface area is 189 Å². The van der Waals surface area contributed by atoms with Crippen molar-refractivity contribution in [3.63, 3.8) is 0 Å². The average molecular weight is 527 g/mol. The van der Waals surface area contributed by atoms with Crippen molar-refractivity contribution in [3.8, 4) is 0 Å². The van der Waals surface area contributed by atoms with Crippen LogP contribution >= 0.6 is 50.9 Å². The monoisotopic (exact) mass is 525 g/mol. The zero-order valence-corrected chi connectivity index (χ0v) is 19.4. The average Bonchev–Trinajstić information content (AvgIpc) is 3.07. The van der Waals surface area contributed by atoms with E-state index in [1.54, 1.807) is 23.9 Å². The van der Waals surface area contributed by atoms with Gasteiger partial charge in [-0.3, -0.25) is 0 Å². The fraction of sp³-hybridized carbons (Fsp3) is 0.350. The van der Waals surface area contributed by atoms with Gasteiger partial charge in [0.25, 0.3) is 5.60 Å². The van der Waals surface area contributed by atoms with Crippen molar-refractivity contribution in [1.29, 1.82) is 0 Å². The van der Waals surface area contributed by atoms with Gasteiger partial charge in [-0.05, 0) is 44.2 Å². The van der Waals surface area contributed by atoms with Crippen molar-refractivity contribution in [2.75, 3.05) is 5.33 Å². The van der Waals surface area contributed by atoms with E-state index in [4.69, 9.17) is 28.0 Å². The number of hydrogen-bond acceptors (Lipinski definition) is 3. The van der Waals surface area contributed by atoms with Crippen molar-refractivity contribution in [2.45, 2.75) is 41.7 Å². The van der Waals surface area contributed by atoms with Gasteiger partial charge in [0.05, 0.1) is 5.71 Å². The van der Waals surface area contributed by atoms with Crippen LogP contribution in [0, 0.1) is 0 Å². The summed E-state index contributed by atoms with van der Waals surface area (Å²) in [7, 11) is 0. The molecule has 0 saturated heterocycles. The van der Waals surface area contributed by atoms with Crippen LogP contribution in [-0.4, -0.2) is 22.0 Å².